The molecule has 0 aliphatic heterocycles. The maximum Gasteiger partial charge on any atom is 1.00 e. The van der Waals surface area contributed by atoms with E-state index in [0.717, 1.165) is 12.8 Å². The Labute approximate surface area is 193 Å². The van der Waals surface area contributed by atoms with Crippen molar-refractivity contribution in [2.24, 2.45) is 0 Å². The van der Waals surface area contributed by atoms with Crippen LogP contribution in [0.15, 0.2) is 0 Å². The van der Waals surface area contributed by atoms with E-state index in [1.807, 2.05) is 0 Å². The number of carbonyl (C=O) groups is 1. The van der Waals surface area contributed by atoms with Crippen LogP contribution < -0.4 is 29.6 Å². The van der Waals surface area contributed by atoms with Crippen molar-refractivity contribution in [3.63, 3.8) is 0 Å². The van der Waals surface area contributed by atoms with Gasteiger partial charge < -0.3 is 9.45 Å². The summed E-state index contributed by atoms with van der Waals surface area (Å²) < 4.78 is 21.0. The van der Waals surface area contributed by atoms with E-state index in [0.29, 0.717) is 13.0 Å². The minimum atomic E-state index is -2.06. The van der Waals surface area contributed by atoms with Crippen LogP contribution in [0, 0.1) is 0 Å². The molecule has 0 N–H and O–H groups in total. The summed E-state index contributed by atoms with van der Waals surface area (Å²) >= 11 is -2.06. The zero-order valence-electron chi connectivity index (χ0n) is 18.3. The zero-order chi connectivity index (χ0) is 19.5. The van der Waals surface area contributed by atoms with Crippen molar-refractivity contribution in [1.82, 2.24) is 4.90 Å². The largest absolute Gasteiger partial charge is 1.00 e. The molecule has 0 saturated carbocycles. The van der Waals surface area contributed by atoms with Crippen LogP contribution in [0.3, 0.4) is 0 Å². The van der Waals surface area contributed by atoms with Crippen LogP contribution in [0.5, 0.6) is 0 Å². The molecular weight excluding hydrogens is 369 g/mol. The van der Waals surface area contributed by atoms with Gasteiger partial charge in [0.15, 0.2) is 0 Å². The van der Waals surface area contributed by atoms with E-state index >= 15 is 0 Å². The molecule has 0 aliphatic rings. The summed E-state index contributed by atoms with van der Waals surface area (Å²) in [5.74, 6) is 0.0892. The van der Waals surface area contributed by atoms with Crippen molar-refractivity contribution in [2.75, 3.05) is 19.3 Å². The van der Waals surface area contributed by atoms with Gasteiger partial charge in [-0.15, -0.1) is 0 Å². The minimum absolute atomic E-state index is 0. The van der Waals surface area contributed by atoms with E-state index in [-0.39, 0.29) is 41.2 Å². The standard InChI is InChI=1S/C21H43NO3S.Na/c1-3-4-5-6-7-8-9-10-11-12-13-14-15-16-17-18-21(23)22(2)19-20-26(24)25;/h3-20H2,1-2H3,(H,24,25);/q;+1/p-1. The van der Waals surface area contributed by atoms with Gasteiger partial charge in [0, 0.05) is 25.8 Å². The second-order valence-corrected chi connectivity index (χ2v) is 8.54. The van der Waals surface area contributed by atoms with Crippen LogP contribution in [0.4, 0.5) is 0 Å². The fourth-order valence-corrected chi connectivity index (χ4v) is 3.60. The van der Waals surface area contributed by atoms with Crippen LogP contribution in [0.25, 0.3) is 0 Å². The first-order chi connectivity index (χ1) is 12.6. The molecule has 156 valence electrons. The van der Waals surface area contributed by atoms with Gasteiger partial charge in [-0.05, 0) is 6.42 Å². The first kappa shape index (κ1) is 29.8. The molecule has 6 heteroatoms. The summed E-state index contributed by atoms with van der Waals surface area (Å²) in [5.41, 5.74) is 0. The first-order valence-electron chi connectivity index (χ1n) is 10.9. The molecule has 1 atom stereocenters. The van der Waals surface area contributed by atoms with Gasteiger partial charge in [-0.2, -0.15) is 0 Å². The van der Waals surface area contributed by atoms with E-state index in [9.17, 15) is 13.6 Å². The number of hydrogen-bond acceptors (Lipinski definition) is 3. The third-order valence-corrected chi connectivity index (χ3v) is 5.53. The molecular formula is C21H42NNaO3S. The molecule has 0 aromatic rings. The Morgan fingerprint density at radius 2 is 1.15 bits per heavy atom. The Morgan fingerprint density at radius 1 is 0.778 bits per heavy atom. The number of amides is 1. The Hall–Kier alpha value is 0.580. The van der Waals surface area contributed by atoms with Gasteiger partial charge >= 0.3 is 29.6 Å². The van der Waals surface area contributed by atoms with Gasteiger partial charge in [0.25, 0.3) is 0 Å². The molecule has 0 aromatic heterocycles. The Morgan fingerprint density at radius 3 is 1.52 bits per heavy atom. The third kappa shape index (κ3) is 22.7. The van der Waals surface area contributed by atoms with E-state index in [1.54, 1.807) is 7.05 Å². The SMILES string of the molecule is CCCCCCCCCCCCCCCCCC(=O)N(C)CCS(=O)[O-].[Na+]. The zero-order valence-corrected chi connectivity index (χ0v) is 21.1. The average molecular weight is 412 g/mol. The second-order valence-electron chi connectivity index (χ2n) is 7.52. The number of nitrogens with zero attached hydrogens (tertiary/aromatic N) is 1. The van der Waals surface area contributed by atoms with Crippen molar-refractivity contribution >= 4 is 17.0 Å². The third-order valence-electron chi connectivity index (χ3n) is 5.01. The maximum absolute atomic E-state index is 11.8. The quantitative estimate of drug-likeness (QED) is 0.186. The van der Waals surface area contributed by atoms with Gasteiger partial charge in [-0.3, -0.25) is 9.00 Å². The van der Waals surface area contributed by atoms with Crippen molar-refractivity contribution in [3.8, 4) is 0 Å². The Kier molecular flexibility index (Phi) is 25.2. The number of rotatable bonds is 19. The number of carbonyl (C=O) groups excluding carboxylic acids is 1. The van der Waals surface area contributed by atoms with Gasteiger partial charge in [0.1, 0.15) is 0 Å². The minimum Gasteiger partial charge on any atom is -0.772 e. The topological polar surface area (TPSA) is 60.4 Å². The van der Waals surface area contributed by atoms with E-state index in [1.165, 1.54) is 88.4 Å². The first-order valence-corrected chi connectivity index (χ1v) is 12.1. The normalized spacial score (nSPS) is 11.8. The summed E-state index contributed by atoms with van der Waals surface area (Å²) in [6.07, 6.45) is 20.3. The molecule has 1 unspecified atom stereocenters. The van der Waals surface area contributed by atoms with Crippen LogP contribution in [-0.4, -0.2) is 38.9 Å². The van der Waals surface area contributed by atoms with Crippen LogP contribution >= 0.6 is 0 Å². The van der Waals surface area contributed by atoms with Crippen LogP contribution in [0.2, 0.25) is 0 Å². The van der Waals surface area contributed by atoms with Crippen molar-refractivity contribution in [3.05, 3.63) is 0 Å². The molecule has 0 radical (unpaired) electrons. The van der Waals surface area contributed by atoms with Gasteiger partial charge in [-0.25, -0.2) is 0 Å². The summed E-state index contributed by atoms with van der Waals surface area (Å²) in [5, 5.41) is 0. The van der Waals surface area contributed by atoms with Crippen molar-refractivity contribution in [2.45, 2.75) is 110 Å². The molecule has 0 bridgehead atoms. The fourth-order valence-electron chi connectivity index (χ4n) is 3.17. The van der Waals surface area contributed by atoms with Gasteiger partial charge in [-0.1, -0.05) is 108 Å². The van der Waals surface area contributed by atoms with E-state index in [4.69, 9.17) is 0 Å². The molecule has 0 spiro atoms. The molecule has 27 heavy (non-hydrogen) atoms. The molecule has 0 rings (SSSR count). The molecule has 1 amide bonds. The Balaban J connectivity index is 0. The fraction of sp³-hybridized carbons (Fsp3) is 0.952. The molecule has 0 aliphatic carbocycles. The number of hydrogen-bond donors (Lipinski definition) is 0. The molecule has 4 nitrogen and oxygen atoms in total. The molecule has 0 saturated heterocycles. The summed E-state index contributed by atoms with van der Waals surface area (Å²) in [7, 11) is 1.68. The van der Waals surface area contributed by atoms with Gasteiger partial charge in [0.2, 0.25) is 5.91 Å². The maximum atomic E-state index is 11.8. The van der Waals surface area contributed by atoms with E-state index < -0.39 is 11.1 Å². The molecule has 0 heterocycles. The van der Waals surface area contributed by atoms with Crippen molar-refractivity contribution < 1.29 is 43.1 Å². The van der Waals surface area contributed by atoms with E-state index in [2.05, 4.69) is 6.92 Å². The van der Waals surface area contributed by atoms with Gasteiger partial charge in [0.05, 0.1) is 0 Å². The smallest absolute Gasteiger partial charge is 0.772 e. The van der Waals surface area contributed by atoms with Crippen LogP contribution in [0.1, 0.15) is 110 Å². The molecule has 0 aromatic carbocycles. The second kappa shape index (κ2) is 22.9. The Bertz CT molecular complexity index is 356. The average Bonchev–Trinajstić information content (AvgIpc) is 2.62. The van der Waals surface area contributed by atoms with Crippen molar-refractivity contribution in [1.29, 1.82) is 0 Å². The predicted molar refractivity (Wildman–Crippen MR) is 111 cm³/mol. The number of unbranched alkanes of at least 4 members (excludes halogenated alkanes) is 14. The predicted octanol–water partition coefficient (Wildman–Crippen LogP) is 2.59. The molecule has 0 fully saturated rings. The summed E-state index contributed by atoms with van der Waals surface area (Å²) in [4.78, 5) is 13.3. The van der Waals surface area contributed by atoms with Crippen LogP contribution in [-0.2, 0) is 15.9 Å². The summed E-state index contributed by atoms with van der Waals surface area (Å²) in [6.45, 7) is 2.57. The monoisotopic (exact) mass is 411 g/mol. The summed E-state index contributed by atoms with van der Waals surface area (Å²) in [6, 6.07) is 0.